The molecule has 3 rings (SSSR count). The summed E-state index contributed by atoms with van der Waals surface area (Å²) < 4.78 is 0. The molecule has 1 aromatic heterocycles. The minimum absolute atomic E-state index is 0.0148. The number of aromatic nitrogens is 1. The molecule has 2 saturated heterocycles. The van der Waals surface area contributed by atoms with Gasteiger partial charge in [0.25, 0.3) is 5.91 Å². The van der Waals surface area contributed by atoms with E-state index >= 15 is 0 Å². The smallest absolute Gasteiger partial charge is 0.267 e. The van der Waals surface area contributed by atoms with Gasteiger partial charge < -0.3 is 26.4 Å². The van der Waals surface area contributed by atoms with Gasteiger partial charge in [-0.1, -0.05) is 31.6 Å². The van der Waals surface area contributed by atoms with Gasteiger partial charge in [0.2, 0.25) is 5.91 Å². The summed E-state index contributed by atoms with van der Waals surface area (Å²) in [5.74, 6) is -0.334. The lowest BCUT2D eigenvalue weighted by Crippen LogP contribution is -2.52. The largest absolute Gasteiger partial charge is 0.355 e. The highest BCUT2D eigenvalue weighted by atomic mass is 16.2. The first-order valence-electron chi connectivity index (χ1n) is 12.7. The zero-order valence-electron chi connectivity index (χ0n) is 21.0. The summed E-state index contributed by atoms with van der Waals surface area (Å²) in [7, 11) is 0. The van der Waals surface area contributed by atoms with E-state index in [0.29, 0.717) is 31.2 Å². The highest BCUT2D eigenvalue weighted by molar-refractivity contribution is 5.93. The Morgan fingerprint density at radius 2 is 1.97 bits per heavy atom. The molecule has 3 heterocycles. The first-order chi connectivity index (χ1) is 16.9. The molecule has 3 unspecified atom stereocenters. The molecule has 0 spiro atoms. The minimum atomic E-state index is -0.235. The molecule has 1 aromatic rings. The maximum absolute atomic E-state index is 13.1. The van der Waals surface area contributed by atoms with Crippen LogP contribution in [0.3, 0.4) is 0 Å². The molecule has 0 radical (unpaired) electrons. The normalized spacial score (nSPS) is 23.9. The molecular formula is C27H40N6O2. The molecule has 35 heavy (non-hydrogen) atoms. The lowest BCUT2D eigenvalue weighted by atomic mass is 9.99. The molecule has 5 N–H and O–H groups in total. The van der Waals surface area contributed by atoms with Crippen molar-refractivity contribution in [2.24, 2.45) is 5.92 Å². The first kappa shape index (κ1) is 26.6. The van der Waals surface area contributed by atoms with Crippen LogP contribution in [0.15, 0.2) is 24.8 Å². The molecule has 190 valence electrons. The Hall–Kier alpha value is -3.00. The maximum Gasteiger partial charge on any atom is 0.267 e. The number of aromatic amines is 1. The van der Waals surface area contributed by atoms with Gasteiger partial charge in [-0.25, -0.2) is 0 Å². The van der Waals surface area contributed by atoms with Gasteiger partial charge in [-0.05, 0) is 63.2 Å². The fourth-order valence-corrected chi connectivity index (χ4v) is 5.35. The van der Waals surface area contributed by atoms with Crippen LogP contribution < -0.4 is 10.6 Å². The van der Waals surface area contributed by atoms with Gasteiger partial charge in [-0.2, -0.15) is 0 Å². The van der Waals surface area contributed by atoms with Crippen molar-refractivity contribution in [3.63, 3.8) is 0 Å². The number of amides is 2. The monoisotopic (exact) mass is 480 g/mol. The molecule has 2 fully saturated rings. The third kappa shape index (κ3) is 6.78. The number of hydrogen-bond acceptors (Lipinski definition) is 5. The average Bonchev–Trinajstić information content (AvgIpc) is 3.41. The molecule has 3 atom stereocenters. The molecule has 0 aliphatic carbocycles. The highest BCUT2D eigenvalue weighted by Crippen LogP contribution is 2.30. The minimum Gasteiger partial charge on any atom is -0.355 e. The van der Waals surface area contributed by atoms with E-state index in [1.54, 1.807) is 6.08 Å². The number of aryl methyl sites for hydroxylation is 1. The molecule has 2 aliphatic heterocycles. The van der Waals surface area contributed by atoms with Gasteiger partial charge in [0.15, 0.2) is 0 Å². The van der Waals surface area contributed by atoms with E-state index in [0.717, 1.165) is 55.4 Å². The Morgan fingerprint density at radius 1 is 1.23 bits per heavy atom. The van der Waals surface area contributed by atoms with Gasteiger partial charge in [-0.3, -0.25) is 14.5 Å². The number of allylic oxidation sites excluding steroid dienone is 3. The Labute approximate surface area is 208 Å². The fourth-order valence-electron chi connectivity index (χ4n) is 5.35. The van der Waals surface area contributed by atoms with E-state index in [4.69, 9.17) is 10.8 Å². The molecule has 0 saturated carbocycles. The van der Waals surface area contributed by atoms with E-state index in [2.05, 4.69) is 27.1 Å². The SMILES string of the molecule is C=CC=C(C)c1[nH]c(C(=O)NC2CCCCC3CCC(C(=O)NCCC(C=N)C=N)N3C2)cc1C. The number of carbonyl (C=O) groups excluding carboxylic acids is 2. The maximum atomic E-state index is 13.1. The second-order valence-electron chi connectivity index (χ2n) is 9.80. The Morgan fingerprint density at radius 3 is 2.69 bits per heavy atom. The lowest BCUT2D eigenvalue weighted by molar-refractivity contribution is -0.126. The van der Waals surface area contributed by atoms with Crippen LogP contribution in [0.2, 0.25) is 0 Å². The molecule has 8 nitrogen and oxygen atoms in total. The van der Waals surface area contributed by atoms with Gasteiger partial charge in [0, 0.05) is 49.2 Å². The lowest BCUT2D eigenvalue weighted by Gasteiger charge is -2.35. The molecule has 0 bridgehead atoms. The van der Waals surface area contributed by atoms with Crippen molar-refractivity contribution in [1.29, 1.82) is 10.8 Å². The van der Waals surface area contributed by atoms with Crippen LogP contribution in [0.5, 0.6) is 0 Å². The number of rotatable bonds is 10. The summed E-state index contributed by atoms with van der Waals surface area (Å²) in [6, 6.07) is 2.05. The Balaban J connectivity index is 1.64. The van der Waals surface area contributed by atoms with Crippen LogP contribution >= 0.6 is 0 Å². The third-order valence-corrected chi connectivity index (χ3v) is 7.28. The summed E-state index contributed by atoms with van der Waals surface area (Å²) in [5.41, 5.74) is 3.55. The summed E-state index contributed by atoms with van der Waals surface area (Å²) in [4.78, 5) is 31.7. The van der Waals surface area contributed by atoms with Crippen molar-refractivity contribution in [1.82, 2.24) is 20.5 Å². The first-order valence-corrected chi connectivity index (χ1v) is 12.7. The van der Waals surface area contributed by atoms with Crippen molar-refractivity contribution >= 4 is 29.8 Å². The van der Waals surface area contributed by atoms with Crippen molar-refractivity contribution < 1.29 is 9.59 Å². The van der Waals surface area contributed by atoms with Crippen LogP contribution in [-0.4, -0.2) is 65.3 Å². The van der Waals surface area contributed by atoms with Crippen LogP contribution in [0.25, 0.3) is 5.57 Å². The average molecular weight is 481 g/mol. The van der Waals surface area contributed by atoms with Gasteiger partial charge >= 0.3 is 0 Å². The molecule has 0 aromatic carbocycles. The predicted octanol–water partition coefficient (Wildman–Crippen LogP) is 3.84. The Bertz CT molecular complexity index is 957. The van der Waals surface area contributed by atoms with Gasteiger partial charge in [-0.15, -0.1) is 0 Å². The summed E-state index contributed by atoms with van der Waals surface area (Å²) >= 11 is 0. The number of hydrogen-bond donors (Lipinski definition) is 5. The zero-order chi connectivity index (χ0) is 25.4. The summed E-state index contributed by atoms with van der Waals surface area (Å²) in [6.07, 6.45) is 12.7. The van der Waals surface area contributed by atoms with Crippen LogP contribution in [0, 0.1) is 23.7 Å². The molecular weight excluding hydrogens is 440 g/mol. The summed E-state index contributed by atoms with van der Waals surface area (Å²) in [5, 5.41) is 20.9. The van der Waals surface area contributed by atoms with Gasteiger partial charge in [0.05, 0.1) is 6.04 Å². The number of carbonyl (C=O) groups is 2. The molecule has 2 amide bonds. The van der Waals surface area contributed by atoms with Gasteiger partial charge in [0.1, 0.15) is 5.69 Å². The van der Waals surface area contributed by atoms with Crippen LogP contribution in [0.1, 0.15) is 73.6 Å². The molecule has 8 heteroatoms. The molecule has 2 aliphatic rings. The van der Waals surface area contributed by atoms with E-state index in [9.17, 15) is 9.59 Å². The van der Waals surface area contributed by atoms with Crippen molar-refractivity contribution in [2.45, 2.75) is 76.9 Å². The van der Waals surface area contributed by atoms with Crippen LogP contribution in [-0.2, 0) is 4.79 Å². The van der Waals surface area contributed by atoms with Crippen molar-refractivity contribution in [3.05, 3.63) is 41.7 Å². The standard InChI is InChI=1S/C27H40N6O2/c1-4-7-18(2)25-19(3)14-23(32-25)26(34)31-21-8-5-6-9-22-10-11-24(33(22)17-21)27(35)30-13-12-20(15-28)16-29/h4,7,14-16,20-22,24,28-29,32H,1,5-6,8-13,17H2,2-3H3,(H,30,35)(H,31,34). The van der Waals surface area contributed by atoms with E-state index in [-0.39, 0.29) is 29.8 Å². The topological polar surface area (TPSA) is 125 Å². The second kappa shape index (κ2) is 12.6. The number of nitrogens with one attached hydrogen (secondary N) is 5. The number of fused-ring (bicyclic) bond motifs is 1. The van der Waals surface area contributed by atoms with Crippen LogP contribution in [0.4, 0.5) is 0 Å². The van der Waals surface area contributed by atoms with E-state index in [1.807, 2.05) is 26.0 Å². The Kier molecular flexibility index (Phi) is 9.60. The fraction of sp³-hybridized carbons (Fsp3) is 0.556. The quantitative estimate of drug-likeness (QED) is 0.258. The van der Waals surface area contributed by atoms with E-state index in [1.165, 1.54) is 12.4 Å². The van der Waals surface area contributed by atoms with Crippen molar-refractivity contribution in [3.8, 4) is 0 Å². The number of nitrogens with zero attached hydrogens (tertiary/aromatic N) is 1. The van der Waals surface area contributed by atoms with Crippen molar-refractivity contribution in [2.75, 3.05) is 13.1 Å². The highest BCUT2D eigenvalue weighted by Gasteiger charge is 2.39. The second-order valence-corrected chi connectivity index (χ2v) is 9.80. The third-order valence-electron chi connectivity index (χ3n) is 7.28. The number of H-pyrrole nitrogens is 1. The van der Waals surface area contributed by atoms with E-state index < -0.39 is 0 Å². The summed E-state index contributed by atoms with van der Waals surface area (Å²) in [6.45, 7) is 8.85. The predicted molar refractivity (Wildman–Crippen MR) is 141 cm³/mol. The zero-order valence-corrected chi connectivity index (χ0v) is 21.0.